The quantitative estimate of drug-likeness (QED) is 0.234. The van der Waals surface area contributed by atoms with Gasteiger partial charge in [0.25, 0.3) is 5.91 Å². The zero-order valence-corrected chi connectivity index (χ0v) is 17.4. The predicted molar refractivity (Wildman–Crippen MR) is 122 cm³/mol. The van der Waals surface area contributed by atoms with Gasteiger partial charge in [-0.3, -0.25) is 19.7 Å². The zero-order chi connectivity index (χ0) is 22.2. The molecule has 158 valence electrons. The first-order valence-electron chi connectivity index (χ1n) is 10.3. The first-order valence-corrected chi connectivity index (χ1v) is 10.3. The summed E-state index contributed by atoms with van der Waals surface area (Å²) in [5.74, 6) is -1.03. The lowest BCUT2D eigenvalue weighted by atomic mass is 10.0. The third kappa shape index (κ3) is 3.46. The molecule has 6 nitrogen and oxygen atoms in total. The van der Waals surface area contributed by atoms with Gasteiger partial charge in [0.05, 0.1) is 19.1 Å². The number of aromatic nitrogens is 1. The number of Topliss-reactive ketones (excluding diaryl/α,β-unsaturated/α-hetero) is 1. The standard InChI is InChI=1S/C26H20N2O4/c1-32-19-9-10-23-21(12-19)18(11-22-24(29)13-25(30)27-26(22)31)15-28(23)14-17-7-4-6-16-5-2-3-8-20(16)17/h2-12,15H,13-14H2,1H3,(H,27,30,31)/b22-11-. The molecule has 1 aliphatic rings. The SMILES string of the molecule is COc1ccc2c(c1)c(/C=C1/C(=O)CC(=O)NC1=O)cn2Cc1cccc2ccccc12. The molecule has 2 amide bonds. The maximum atomic E-state index is 12.3. The molecular formula is C26H20N2O4. The lowest BCUT2D eigenvalue weighted by Gasteiger charge is -2.12. The van der Waals surface area contributed by atoms with Gasteiger partial charge in [-0.25, -0.2) is 0 Å². The van der Waals surface area contributed by atoms with Crippen LogP contribution in [0.2, 0.25) is 0 Å². The highest BCUT2D eigenvalue weighted by atomic mass is 16.5. The number of hydrogen-bond donors (Lipinski definition) is 1. The van der Waals surface area contributed by atoms with Crippen LogP contribution in [-0.2, 0) is 20.9 Å². The monoisotopic (exact) mass is 424 g/mol. The van der Waals surface area contributed by atoms with Crippen LogP contribution in [0.25, 0.3) is 27.8 Å². The fourth-order valence-electron chi connectivity index (χ4n) is 4.20. The van der Waals surface area contributed by atoms with Gasteiger partial charge in [-0.2, -0.15) is 0 Å². The van der Waals surface area contributed by atoms with Crippen LogP contribution < -0.4 is 10.1 Å². The van der Waals surface area contributed by atoms with Crippen molar-refractivity contribution in [3.05, 3.63) is 83.6 Å². The van der Waals surface area contributed by atoms with E-state index in [1.54, 1.807) is 13.2 Å². The lowest BCUT2D eigenvalue weighted by Crippen LogP contribution is -2.40. The zero-order valence-electron chi connectivity index (χ0n) is 17.4. The summed E-state index contributed by atoms with van der Waals surface area (Å²) in [7, 11) is 1.59. The molecule has 0 bridgehead atoms. The van der Waals surface area contributed by atoms with Gasteiger partial charge in [0, 0.05) is 29.2 Å². The fourth-order valence-corrected chi connectivity index (χ4v) is 4.20. The van der Waals surface area contributed by atoms with Gasteiger partial charge < -0.3 is 9.30 Å². The van der Waals surface area contributed by atoms with Gasteiger partial charge in [-0.05, 0) is 40.6 Å². The maximum Gasteiger partial charge on any atom is 0.261 e. The number of imide groups is 1. The highest BCUT2D eigenvalue weighted by Gasteiger charge is 2.28. The molecule has 5 rings (SSSR count). The number of nitrogens with one attached hydrogen (secondary N) is 1. The number of ketones is 1. The van der Waals surface area contributed by atoms with Crippen molar-refractivity contribution in [1.82, 2.24) is 9.88 Å². The van der Waals surface area contributed by atoms with E-state index in [9.17, 15) is 14.4 Å². The number of amides is 2. The second kappa shape index (κ2) is 7.81. The molecule has 1 aromatic heterocycles. The summed E-state index contributed by atoms with van der Waals surface area (Å²) in [6, 6.07) is 20.2. The van der Waals surface area contributed by atoms with E-state index < -0.39 is 17.6 Å². The van der Waals surface area contributed by atoms with Crippen LogP contribution in [0.5, 0.6) is 5.75 Å². The number of carbonyl (C=O) groups excluding carboxylic acids is 3. The Bertz CT molecular complexity index is 1420. The molecule has 2 heterocycles. The van der Waals surface area contributed by atoms with Gasteiger partial charge >= 0.3 is 0 Å². The number of methoxy groups -OCH3 is 1. The van der Waals surface area contributed by atoms with Gasteiger partial charge in [0.15, 0.2) is 5.78 Å². The molecule has 0 atom stereocenters. The molecule has 0 spiro atoms. The lowest BCUT2D eigenvalue weighted by molar-refractivity contribution is -0.134. The topological polar surface area (TPSA) is 77.4 Å². The van der Waals surface area contributed by atoms with Crippen molar-refractivity contribution in [3.63, 3.8) is 0 Å². The number of nitrogens with zero attached hydrogens (tertiary/aromatic N) is 1. The minimum absolute atomic E-state index is 0.0170. The highest BCUT2D eigenvalue weighted by Crippen LogP contribution is 2.30. The number of benzene rings is 3. The largest absolute Gasteiger partial charge is 0.497 e. The molecule has 0 aliphatic carbocycles. The molecule has 6 heteroatoms. The van der Waals surface area contributed by atoms with Crippen LogP contribution in [0.3, 0.4) is 0 Å². The average molecular weight is 424 g/mol. The third-order valence-corrected chi connectivity index (χ3v) is 5.76. The predicted octanol–water partition coefficient (Wildman–Crippen LogP) is 3.85. The van der Waals surface area contributed by atoms with Crippen molar-refractivity contribution in [1.29, 1.82) is 0 Å². The Morgan fingerprint density at radius 1 is 1.00 bits per heavy atom. The molecule has 1 fully saturated rings. The Kier molecular flexibility index (Phi) is 4.82. The van der Waals surface area contributed by atoms with Crippen LogP contribution in [0.1, 0.15) is 17.5 Å². The maximum absolute atomic E-state index is 12.3. The Hall–Kier alpha value is -4.19. The van der Waals surface area contributed by atoms with E-state index in [1.807, 2.05) is 42.6 Å². The molecule has 1 saturated heterocycles. The summed E-state index contributed by atoms with van der Waals surface area (Å²) >= 11 is 0. The van der Waals surface area contributed by atoms with E-state index >= 15 is 0 Å². The van der Waals surface area contributed by atoms with Gasteiger partial charge in [-0.1, -0.05) is 42.5 Å². The summed E-state index contributed by atoms with van der Waals surface area (Å²) in [4.78, 5) is 36.1. The Morgan fingerprint density at radius 2 is 1.81 bits per heavy atom. The minimum Gasteiger partial charge on any atom is -0.497 e. The fraction of sp³-hybridized carbons (Fsp3) is 0.115. The third-order valence-electron chi connectivity index (χ3n) is 5.76. The van der Waals surface area contributed by atoms with Crippen molar-refractivity contribution in [2.75, 3.05) is 7.11 Å². The van der Waals surface area contributed by atoms with Crippen molar-refractivity contribution in [2.24, 2.45) is 0 Å². The molecule has 1 N–H and O–H groups in total. The summed E-state index contributed by atoms with van der Waals surface area (Å²) in [6.07, 6.45) is 3.16. The Labute approximate surface area is 184 Å². The number of piperidine rings is 1. The molecule has 0 radical (unpaired) electrons. The van der Waals surface area contributed by atoms with Crippen LogP contribution >= 0.6 is 0 Å². The van der Waals surface area contributed by atoms with Gasteiger partial charge in [0.1, 0.15) is 5.75 Å². The molecule has 0 unspecified atom stereocenters. The van der Waals surface area contributed by atoms with E-state index in [-0.39, 0.29) is 12.0 Å². The van der Waals surface area contributed by atoms with Gasteiger partial charge in [0.2, 0.25) is 5.91 Å². The number of ether oxygens (including phenoxy) is 1. The highest BCUT2D eigenvalue weighted by molar-refractivity contribution is 6.32. The molecule has 0 saturated carbocycles. The number of rotatable bonds is 4. The summed E-state index contributed by atoms with van der Waals surface area (Å²) in [5.41, 5.74) is 2.81. The Balaban J connectivity index is 1.65. The minimum atomic E-state index is -0.663. The van der Waals surface area contributed by atoms with Crippen LogP contribution in [0, 0.1) is 0 Å². The smallest absolute Gasteiger partial charge is 0.261 e. The van der Waals surface area contributed by atoms with E-state index in [0.29, 0.717) is 17.9 Å². The number of hydrogen-bond acceptors (Lipinski definition) is 4. The number of fused-ring (bicyclic) bond motifs is 2. The first-order chi connectivity index (χ1) is 15.5. The molecule has 1 aliphatic heterocycles. The van der Waals surface area contributed by atoms with Crippen molar-refractivity contribution in [3.8, 4) is 5.75 Å². The molecule has 32 heavy (non-hydrogen) atoms. The second-order valence-electron chi connectivity index (χ2n) is 7.77. The van der Waals surface area contributed by atoms with Crippen molar-refractivity contribution >= 4 is 45.3 Å². The Morgan fingerprint density at radius 3 is 2.62 bits per heavy atom. The van der Waals surface area contributed by atoms with Crippen molar-refractivity contribution in [2.45, 2.75) is 13.0 Å². The van der Waals surface area contributed by atoms with E-state index in [0.717, 1.165) is 16.5 Å². The molecule has 3 aromatic carbocycles. The molecular weight excluding hydrogens is 404 g/mol. The van der Waals surface area contributed by atoms with Gasteiger partial charge in [-0.15, -0.1) is 0 Å². The van der Waals surface area contributed by atoms with Crippen LogP contribution in [0.15, 0.2) is 72.4 Å². The summed E-state index contributed by atoms with van der Waals surface area (Å²) in [5, 5.41) is 5.41. The van der Waals surface area contributed by atoms with Crippen molar-refractivity contribution < 1.29 is 19.1 Å². The average Bonchev–Trinajstić information content (AvgIpc) is 3.12. The summed E-state index contributed by atoms with van der Waals surface area (Å²) in [6.45, 7) is 0.617. The second-order valence-corrected chi connectivity index (χ2v) is 7.77. The van der Waals surface area contributed by atoms with E-state index in [2.05, 4.69) is 34.1 Å². The normalized spacial score (nSPS) is 15.5. The van der Waals surface area contributed by atoms with Crippen LogP contribution in [0.4, 0.5) is 0 Å². The number of carbonyl (C=O) groups is 3. The van der Waals surface area contributed by atoms with Crippen LogP contribution in [-0.4, -0.2) is 29.3 Å². The molecule has 4 aromatic rings. The first kappa shape index (κ1) is 19.8. The summed E-state index contributed by atoms with van der Waals surface area (Å²) < 4.78 is 7.48. The van der Waals surface area contributed by atoms with E-state index in [1.165, 1.54) is 10.8 Å². The van der Waals surface area contributed by atoms with E-state index in [4.69, 9.17) is 4.74 Å².